The van der Waals surface area contributed by atoms with E-state index in [1.807, 2.05) is 6.07 Å². The molecule has 0 saturated heterocycles. The van der Waals surface area contributed by atoms with Crippen LogP contribution in [0.1, 0.15) is 19.4 Å². The molecule has 0 bridgehead atoms. The van der Waals surface area contributed by atoms with Crippen molar-refractivity contribution in [3.05, 3.63) is 42.0 Å². The zero-order chi connectivity index (χ0) is 11.3. The molecule has 0 fully saturated rings. The molecule has 0 radical (unpaired) electrons. The van der Waals surface area contributed by atoms with Gasteiger partial charge in [-0.1, -0.05) is 56.3 Å². The summed E-state index contributed by atoms with van der Waals surface area (Å²) < 4.78 is 0. The first-order chi connectivity index (χ1) is 6.99. The van der Waals surface area contributed by atoms with Gasteiger partial charge in [0.15, 0.2) is 0 Å². The maximum Gasteiger partial charge on any atom is 0.00614 e. The average molecular weight is 203 g/mol. The molecule has 0 aliphatic rings. The normalized spacial score (nSPS) is 12.6. The van der Waals surface area contributed by atoms with Crippen LogP contribution in [0.5, 0.6) is 0 Å². The van der Waals surface area contributed by atoms with E-state index in [1.165, 1.54) is 5.56 Å². The summed E-state index contributed by atoms with van der Waals surface area (Å²) in [6, 6.07) is 10.4. The number of hydrogen-bond donors (Lipinski definition) is 0. The van der Waals surface area contributed by atoms with Gasteiger partial charge in [-0.15, -0.1) is 0 Å². The lowest BCUT2D eigenvalue weighted by molar-refractivity contribution is 0.294. The Balaban J connectivity index is 2.64. The first-order valence-electron chi connectivity index (χ1n) is 5.39. The third-order valence-electron chi connectivity index (χ3n) is 2.25. The van der Waals surface area contributed by atoms with Crippen molar-refractivity contribution in [1.82, 2.24) is 4.90 Å². The zero-order valence-corrected chi connectivity index (χ0v) is 10.2. The van der Waals surface area contributed by atoms with Gasteiger partial charge < -0.3 is 4.90 Å². The molecule has 1 nitrogen and oxygen atoms in total. The molecule has 0 unspecified atom stereocenters. The van der Waals surface area contributed by atoms with E-state index >= 15 is 0 Å². The minimum Gasteiger partial charge on any atom is -0.309 e. The lowest BCUT2D eigenvalue weighted by Crippen LogP contribution is -2.26. The van der Waals surface area contributed by atoms with Crippen LogP contribution in [0, 0.1) is 5.41 Å². The quantitative estimate of drug-likeness (QED) is 0.726. The lowest BCUT2D eigenvalue weighted by Gasteiger charge is -2.24. The summed E-state index contributed by atoms with van der Waals surface area (Å²) in [5.74, 6) is 0. The van der Waals surface area contributed by atoms with Gasteiger partial charge >= 0.3 is 0 Å². The van der Waals surface area contributed by atoms with Crippen molar-refractivity contribution < 1.29 is 0 Å². The largest absolute Gasteiger partial charge is 0.309 e. The van der Waals surface area contributed by atoms with Crippen molar-refractivity contribution in [2.24, 2.45) is 5.41 Å². The van der Waals surface area contributed by atoms with Crippen LogP contribution in [0.3, 0.4) is 0 Å². The molecule has 0 aromatic heterocycles. The predicted molar refractivity (Wildman–Crippen MR) is 67.8 cm³/mol. The second-order valence-corrected chi connectivity index (χ2v) is 4.97. The van der Waals surface area contributed by atoms with Crippen molar-refractivity contribution >= 4 is 6.08 Å². The summed E-state index contributed by atoms with van der Waals surface area (Å²) in [7, 11) is 4.22. The molecule has 0 N–H and O–H groups in total. The SMILES string of the molecule is CN(C)CC(C)(C)C=Cc1ccccc1. The molecule has 0 atom stereocenters. The highest BCUT2D eigenvalue weighted by Crippen LogP contribution is 2.19. The highest BCUT2D eigenvalue weighted by molar-refractivity contribution is 5.49. The summed E-state index contributed by atoms with van der Waals surface area (Å²) in [4.78, 5) is 2.22. The van der Waals surface area contributed by atoms with Gasteiger partial charge in [-0.3, -0.25) is 0 Å². The number of benzene rings is 1. The van der Waals surface area contributed by atoms with E-state index < -0.39 is 0 Å². The minimum atomic E-state index is 0.222. The van der Waals surface area contributed by atoms with E-state index in [0.717, 1.165) is 6.54 Å². The molecule has 0 saturated carbocycles. The summed E-state index contributed by atoms with van der Waals surface area (Å²) in [6.45, 7) is 5.58. The van der Waals surface area contributed by atoms with Crippen molar-refractivity contribution in [2.45, 2.75) is 13.8 Å². The Morgan fingerprint density at radius 2 is 1.73 bits per heavy atom. The van der Waals surface area contributed by atoms with Gasteiger partial charge in [0.2, 0.25) is 0 Å². The molecule has 1 heteroatoms. The fourth-order valence-corrected chi connectivity index (χ4v) is 1.75. The molecule has 1 aromatic rings. The summed E-state index contributed by atoms with van der Waals surface area (Å²) in [5, 5.41) is 0. The van der Waals surface area contributed by atoms with Gasteiger partial charge in [-0.05, 0) is 25.1 Å². The van der Waals surface area contributed by atoms with Crippen molar-refractivity contribution in [3.63, 3.8) is 0 Å². The van der Waals surface area contributed by atoms with E-state index in [-0.39, 0.29) is 5.41 Å². The predicted octanol–water partition coefficient (Wildman–Crippen LogP) is 3.29. The number of nitrogens with zero attached hydrogens (tertiary/aromatic N) is 1. The molecule has 0 spiro atoms. The standard InChI is InChI=1S/C14H21N/c1-14(2,12-15(3)4)11-10-13-8-6-5-7-9-13/h5-11H,12H2,1-4H3. The van der Waals surface area contributed by atoms with Crippen LogP contribution in [0.2, 0.25) is 0 Å². The molecule has 1 rings (SSSR count). The van der Waals surface area contributed by atoms with Crippen molar-refractivity contribution in [1.29, 1.82) is 0 Å². The third-order valence-corrected chi connectivity index (χ3v) is 2.25. The monoisotopic (exact) mass is 203 g/mol. The third kappa shape index (κ3) is 4.80. The summed E-state index contributed by atoms with van der Waals surface area (Å²) >= 11 is 0. The Morgan fingerprint density at radius 1 is 1.13 bits per heavy atom. The second-order valence-electron chi connectivity index (χ2n) is 4.97. The van der Waals surface area contributed by atoms with E-state index in [4.69, 9.17) is 0 Å². The molecular formula is C14H21N. The van der Waals surface area contributed by atoms with Gasteiger partial charge in [0, 0.05) is 6.54 Å². The Morgan fingerprint density at radius 3 is 2.27 bits per heavy atom. The number of hydrogen-bond acceptors (Lipinski definition) is 1. The van der Waals surface area contributed by atoms with Crippen LogP contribution < -0.4 is 0 Å². The van der Waals surface area contributed by atoms with Crippen molar-refractivity contribution in [2.75, 3.05) is 20.6 Å². The molecule has 1 aromatic carbocycles. The molecule has 15 heavy (non-hydrogen) atoms. The molecule has 82 valence electrons. The summed E-state index contributed by atoms with van der Waals surface area (Å²) in [6.07, 6.45) is 4.48. The van der Waals surface area contributed by atoms with Gasteiger partial charge in [-0.2, -0.15) is 0 Å². The maximum atomic E-state index is 2.28. The summed E-state index contributed by atoms with van der Waals surface area (Å²) in [5.41, 5.74) is 1.49. The fourth-order valence-electron chi connectivity index (χ4n) is 1.75. The lowest BCUT2D eigenvalue weighted by atomic mass is 9.91. The highest BCUT2D eigenvalue weighted by atomic mass is 15.1. The Kier molecular flexibility index (Phi) is 4.10. The van der Waals surface area contributed by atoms with E-state index in [2.05, 4.69) is 69.3 Å². The van der Waals surface area contributed by atoms with Gasteiger partial charge in [0.05, 0.1) is 0 Å². The molecule has 0 aliphatic carbocycles. The Labute approximate surface area is 93.4 Å². The molecule has 0 heterocycles. The number of rotatable bonds is 4. The smallest absolute Gasteiger partial charge is 0.00614 e. The zero-order valence-electron chi connectivity index (χ0n) is 10.2. The molecule has 0 amide bonds. The minimum absolute atomic E-state index is 0.222. The molecule has 0 aliphatic heterocycles. The molecular weight excluding hydrogens is 182 g/mol. The van der Waals surface area contributed by atoms with Crippen LogP contribution >= 0.6 is 0 Å². The second kappa shape index (κ2) is 5.13. The van der Waals surface area contributed by atoms with E-state index in [1.54, 1.807) is 0 Å². The topological polar surface area (TPSA) is 3.24 Å². The maximum absolute atomic E-state index is 2.28. The van der Waals surface area contributed by atoms with Gasteiger partial charge in [0.25, 0.3) is 0 Å². The van der Waals surface area contributed by atoms with Crippen LogP contribution in [0.25, 0.3) is 6.08 Å². The van der Waals surface area contributed by atoms with Crippen LogP contribution in [-0.2, 0) is 0 Å². The van der Waals surface area contributed by atoms with Crippen molar-refractivity contribution in [3.8, 4) is 0 Å². The first-order valence-corrected chi connectivity index (χ1v) is 5.39. The average Bonchev–Trinajstić information content (AvgIpc) is 2.15. The Hall–Kier alpha value is -1.08. The van der Waals surface area contributed by atoms with E-state index in [9.17, 15) is 0 Å². The van der Waals surface area contributed by atoms with Gasteiger partial charge in [-0.25, -0.2) is 0 Å². The van der Waals surface area contributed by atoms with Crippen LogP contribution in [0.15, 0.2) is 36.4 Å². The van der Waals surface area contributed by atoms with E-state index in [0.29, 0.717) is 0 Å². The Bertz CT molecular complexity index is 309. The van der Waals surface area contributed by atoms with Crippen LogP contribution in [0.4, 0.5) is 0 Å². The first kappa shape index (κ1) is 12.0. The highest BCUT2D eigenvalue weighted by Gasteiger charge is 2.14. The van der Waals surface area contributed by atoms with Crippen LogP contribution in [-0.4, -0.2) is 25.5 Å². The van der Waals surface area contributed by atoms with Gasteiger partial charge in [0.1, 0.15) is 0 Å². The fraction of sp³-hybridized carbons (Fsp3) is 0.429.